The molecule has 1 heterocycles. The monoisotopic (exact) mass is 264 g/mol. The molecule has 1 aliphatic rings. The Morgan fingerprint density at radius 2 is 1.88 bits per heavy atom. The van der Waals surface area contributed by atoms with Gasteiger partial charge in [-0.3, -0.25) is 4.79 Å². The first-order chi connectivity index (χ1) is 7.89. The highest BCUT2D eigenvalue weighted by molar-refractivity contribution is 6.30. The van der Waals surface area contributed by atoms with Crippen LogP contribution in [0.3, 0.4) is 0 Å². The molecule has 0 spiro atoms. The quantitative estimate of drug-likeness (QED) is 0.845. The van der Waals surface area contributed by atoms with Gasteiger partial charge in [-0.2, -0.15) is 13.2 Å². The first-order valence-electron chi connectivity index (χ1n) is 4.79. The Morgan fingerprint density at radius 1 is 1.29 bits per heavy atom. The molecule has 2 rings (SSSR count). The predicted octanol–water partition coefficient (Wildman–Crippen LogP) is 2.37. The number of alkyl halides is 3. The van der Waals surface area contributed by atoms with Crippen LogP contribution in [-0.4, -0.2) is 18.6 Å². The molecule has 0 aromatic heterocycles. The van der Waals surface area contributed by atoms with E-state index < -0.39 is 24.5 Å². The molecule has 1 saturated heterocycles. The molecule has 0 radical (unpaired) electrons. The molecule has 3 nitrogen and oxygen atoms in total. The van der Waals surface area contributed by atoms with E-state index in [2.05, 4.69) is 5.43 Å². The maximum atomic E-state index is 12.5. The smallest absolute Gasteiger partial charge is 0.272 e. The Bertz CT molecular complexity index is 432. The van der Waals surface area contributed by atoms with Gasteiger partial charge in [0.25, 0.3) is 5.91 Å². The van der Waals surface area contributed by atoms with E-state index in [1.807, 2.05) is 0 Å². The van der Waals surface area contributed by atoms with Crippen molar-refractivity contribution in [3.63, 3.8) is 0 Å². The molecule has 1 amide bonds. The lowest BCUT2D eigenvalue weighted by molar-refractivity contribution is -0.174. The number of hydrogen-bond donors (Lipinski definition) is 1. The van der Waals surface area contributed by atoms with Gasteiger partial charge < -0.3 is 0 Å². The highest BCUT2D eigenvalue weighted by Crippen LogP contribution is 2.32. The van der Waals surface area contributed by atoms with Crippen LogP contribution in [0.2, 0.25) is 5.02 Å². The van der Waals surface area contributed by atoms with E-state index in [4.69, 9.17) is 11.6 Å². The van der Waals surface area contributed by atoms with Crippen molar-refractivity contribution in [2.45, 2.75) is 6.18 Å². The van der Waals surface area contributed by atoms with Crippen molar-refractivity contribution in [2.24, 2.45) is 5.92 Å². The second kappa shape index (κ2) is 4.19. The van der Waals surface area contributed by atoms with Crippen molar-refractivity contribution in [1.29, 1.82) is 0 Å². The number of halogens is 4. The van der Waals surface area contributed by atoms with E-state index in [1.54, 1.807) is 0 Å². The summed E-state index contributed by atoms with van der Waals surface area (Å²) < 4.78 is 37.4. The second-order valence-corrected chi connectivity index (χ2v) is 4.04. The number of carbonyl (C=O) groups is 1. The minimum Gasteiger partial charge on any atom is -0.272 e. The summed E-state index contributed by atoms with van der Waals surface area (Å²) in [5.41, 5.74) is 2.76. The largest absolute Gasteiger partial charge is 0.401 e. The molecule has 1 aromatic rings. The van der Waals surface area contributed by atoms with E-state index in [0.29, 0.717) is 10.7 Å². The first-order valence-corrected chi connectivity index (χ1v) is 5.17. The van der Waals surface area contributed by atoms with Crippen LogP contribution in [0.25, 0.3) is 0 Å². The topological polar surface area (TPSA) is 32.3 Å². The van der Waals surface area contributed by atoms with Gasteiger partial charge in [-0.15, -0.1) is 0 Å². The molecule has 1 atom stereocenters. The normalized spacial score (nSPS) is 21.1. The van der Waals surface area contributed by atoms with E-state index in [9.17, 15) is 18.0 Å². The molecular formula is C10H8ClF3N2O. The van der Waals surface area contributed by atoms with Gasteiger partial charge in [0.1, 0.15) is 5.92 Å². The lowest BCUT2D eigenvalue weighted by Gasteiger charge is -2.17. The fourth-order valence-electron chi connectivity index (χ4n) is 1.57. The molecule has 1 aromatic carbocycles. The Hall–Kier alpha value is -1.27. The van der Waals surface area contributed by atoms with E-state index >= 15 is 0 Å². The summed E-state index contributed by atoms with van der Waals surface area (Å²) in [6, 6.07) is 5.97. The molecule has 17 heavy (non-hydrogen) atoms. The summed E-state index contributed by atoms with van der Waals surface area (Å²) in [5, 5.41) is 1.35. The van der Waals surface area contributed by atoms with Crippen LogP contribution < -0.4 is 10.4 Å². The molecule has 7 heteroatoms. The van der Waals surface area contributed by atoms with Crippen molar-refractivity contribution in [3.8, 4) is 0 Å². The zero-order valence-corrected chi connectivity index (χ0v) is 9.22. The van der Waals surface area contributed by atoms with Gasteiger partial charge in [0.05, 0.1) is 5.69 Å². The van der Waals surface area contributed by atoms with Gasteiger partial charge >= 0.3 is 6.18 Å². The number of rotatable bonds is 1. The third-order valence-corrected chi connectivity index (χ3v) is 2.70. The fraction of sp³-hybridized carbons (Fsp3) is 0.300. The van der Waals surface area contributed by atoms with Crippen LogP contribution in [0.4, 0.5) is 18.9 Å². The number of anilines is 1. The molecule has 1 N–H and O–H groups in total. The molecule has 92 valence electrons. The Labute approximate surface area is 100 Å². The maximum Gasteiger partial charge on any atom is 0.401 e. The molecule has 1 fully saturated rings. The maximum absolute atomic E-state index is 12.5. The average molecular weight is 265 g/mol. The van der Waals surface area contributed by atoms with Gasteiger partial charge in [0, 0.05) is 11.6 Å². The molecule has 0 saturated carbocycles. The molecular weight excluding hydrogens is 257 g/mol. The fourth-order valence-corrected chi connectivity index (χ4v) is 1.69. The van der Waals surface area contributed by atoms with Crippen molar-refractivity contribution in [3.05, 3.63) is 29.3 Å². The van der Waals surface area contributed by atoms with Crippen molar-refractivity contribution in [1.82, 2.24) is 5.43 Å². The lowest BCUT2D eigenvalue weighted by atomic mass is 10.1. The van der Waals surface area contributed by atoms with Crippen molar-refractivity contribution < 1.29 is 18.0 Å². The van der Waals surface area contributed by atoms with Crippen LogP contribution in [0, 0.1) is 5.92 Å². The van der Waals surface area contributed by atoms with Gasteiger partial charge in [-0.25, -0.2) is 10.4 Å². The van der Waals surface area contributed by atoms with Crippen LogP contribution in [0.1, 0.15) is 0 Å². The number of carbonyl (C=O) groups excluding carboxylic acids is 1. The van der Waals surface area contributed by atoms with Crippen molar-refractivity contribution in [2.75, 3.05) is 11.6 Å². The predicted molar refractivity (Wildman–Crippen MR) is 56.5 cm³/mol. The minimum atomic E-state index is -4.52. The van der Waals surface area contributed by atoms with E-state index in [1.165, 1.54) is 24.3 Å². The van der Waals surface area contributed by atoms with Crippen LogP contribution >= 0.6 is 11.6 Å². The standard InChI is InChI=1S/C10H8ClF3N2O/c11-6-1-3-7(4-2-6)16-9(17)8(5-15-16)10(12,13)14/h1-4,8,15H,5H2. The van der Waals surface area contributed by atoms with Crippen molar-refractivity contribution >= 4 is 23.2 Å². The Balaban J connectivity index is 2.21. The second-order valence-electron chi connectivity index (χ2n) is 3.61. The van der Waals surface area contributed by atoms with Crippen LogP contribution in [-0.2, 0) is 4.79 Å². The number of nitrogens with one attached hydrogen (secondary N) is 1. The van der Waals surface area contributed by atoms with E-state index in [-0.39, 0.29) is 0 Å². The zero-order valence-electron chi connectivity index (χ0n) is 8.46. The summed E-state index contributed by atoms with van der Waals surface area (Å²) in [4.78, 5) is 11.5. The number of nitrogens with zero attached hydrogens (tertiary/aromatic N) is 1. The van der Waals surface area contributed by atoms with Gasteiger partial charge in [0.2, 0.25) is 0 Å². The molecule has 1 aliphatic heterocycles. The summed E-state index contributed by atoms with van der Waals surface area (Å²) >= 11 is 5.65. The van der Waals surface area contributed by atoms with Gasteiger partial charge in [-0.1, -0.05) is 11.6 Å². The Morgan fingerprint density at radius 3 is 2.35 bits per heavy atom. The SMILES string of the molecule is O=C1C(C(F)(F)F)CNN1c1ccc(Cl)cc1. The van der Waals surface area contributed by atoms with Crippen LogP contribution in [0.5, 0.6) is 0 Å². The van der Waals surface area contributed by atoms with Gasteiger partial charge in [-0.05, 0) is 24.3 Å². The molecule has 1 unspecified atom stereocenters. The molecule has 0 aliphatic carbocycles. The number of amides is 1. The lowest BCUT2D eigenvalue weighted by Crippen LogP contribution is -2.36. The number of benzene rings is 1. The third kappa shape index (κ3) is 2.37. The third-order valence-electron chi connectivity index (χ3n) is 2.45. The zero-order chi connectivity index (χ0) is 12.6. The number of hydrazine groups is 1. The number of hydrogen-bond acceptors (Lipinski definition) is 2. The first kappa shape index (κ1) is 12.2. The highest BCUT2D eigenvalue weighted by atomic mass is 35.5. The van der Waals surface area contributed by atoms with Gasteiger partial charge in [0.15, 0.2) is 0 Å². The Kier molecular flexibility index (Phi) is 3.01. The summed E-state index contributed by atoms with van der Waals surface area (Å²) in [6.07, 6.45) is -4.52. The highest BCUT2D eigenvalue weighted by Gasteiger charge is 2.50. The molecule has 0 bridgehead atoms. The average Bonchev–Trinajstić information content (AvgIpc) is 2.61. The summed E-state index contributed by atoms with van der Waals surface area (Å²) in [5.74, 6) is -2.99. The summed E-state index contributed by atoms with van der Waals surface area (Å²) in [6.45, 7) is -0.440. The minimum absolute atomic E-state index is 0.339. The van der Waals surface area contributed by atoms with E-state index in [0.717, 1.165) is 5.01 Å². The van der Waals surface area contributed by atoms with Crippen LogP contribution in [0.15, 0.2) is 24.3 Å². The summed E-state index contributed by atoms with van der Waals surface area (Å²) in [7, 11) is 0.